The Morgan fingerprint density at radius 2 is 1.57 bits per heavy atom. The maximum absolute atomic E-state index is 14.5. The largest absolute Gasteiger partial charge is 0.345 e. The van der Waals surface area contributed by atoms with Gasteiger partial charge in [0.2, 0.25) is 0 Å². The van der Waals surface area contributed by atoms with E-state index in [1.807, 2.05) is 49.4 Å². The fraction of sp³-hybridized carbons (Fsp3) is 0.333. The van der Waals surface area contributed by atoms with Crippen LogP contribution >= 0.6 is 0 Å². The van der Waals surface area contributed by atoms with E-state index in [-0.39, 0.29) is 17.5 Å². The Hall–Kier alpha value is -3.81. The van der Waals surface area contributed by atoms with E-state index < -0.39 is 5.82 Å². The summed E-state index contributed by atoms with van der Waals surface area (Å²) >= 11 is 0. The van der Waals surface area contributed by atoms with Crippen molar-refractivity contribution in [1.82, 2.24) is 19.7 Å². The van der Waals surface area contributed by atoms with E-state index in [0.717, 1.165) is 31.7 Å². The van der Waals surface area contributed by atoms with Gasteiger partial charge in [0.05, 0.1) is 23.0 Å². The Labute approximate surface area is 235 Å². The number of hydrogen-bond acceptors (Lipinski definition) is 4. The number of nitrogens with one attached hydrogen (secondary N) is 1. The molecule has 2 heterocycles. The second-order valence-electron chi connectivity index (χ2n) is 10.7. The summed E-state index contributed by atoms with van der Waals surface area (Å²) in [5.74, 6) is -0.678. The van der Waals surface area contributed by atoms with Crippen molar-refractivity contribution in [2.45, 2.75) is 45.8 Å². The van der Waals surface area contributed by atoms with Crippen LogP contribution in [-0.4, -0.2) is 52.5 Å². The molecule has 4 aromatic rings. The first kappa shape index (κ1) is 27.7. The number of aromatic nitrogens is 1. The van der Waals surface area contributed by atoms with Crippen LogP contribution in [0, 0.1) is 5.82 Å². The highest BCUT2D eigenvalue weighted by Gasteiger charge is 2.27. The highest BCUT2D eigenvalue weighted by molar-refractivity contribution is 6.08. The summed E-state index contributed by atoms with van der Waals surface area (Å²) in [5.41, 5.74) is 2.21. The Morgan fingerprint density at radius 1 is 0.900 bits per heavy atom. The Morgan fingerprint density at radius 3 is 2.23 bits per heavy atom. The highest BCUT2D eigenvalue weighted by Crippen LogP contribution is 2.26. The molecule has 1 amide bonds. The van der Waals surface area contributed by atoms with Gasteiger partial charge in [-0.3, -0.25) is 24.0 Å². The van der Waals surface area contributed by atoms with Gasteiger partial charge in [-0.1, -0.05) is 61.5 Å². The van der Waals surface area contributed by atoms with E-state index in [2.05, 4.69) is 29.0 Å². The first-order valence-electron chi connectivity index (χ1n) is 14.1. The minimum Gasteiger partial charge on any atom is -0.345 e. The number of amides is 1. The molecule has 1 aliphatic rings. The molecule has 0 bridgehead atoms. The number of carbonyl (C=O) groups excluding carboxylic acids is 1. The monoisotopic (exact) mass is 540 g/mol. The third-order valence-electron chi connectivity index (χ3n) is 7.91. The molecular weight excluding hydrogens is 503 g/mol. The van der Waals surface area contributed by atoms with E-state index >= 15 is 0 Å². The zero-order valence-electron chi connectivity index (χ0n) is 23.4. The number of nitrogens with zero attached hydrogens (tertiary/aromatic N) is 3. The predicted molar refractivity (Wildman–Crippen MR) is 158 cm³/mol. The molecule has 1 saturated heterocycles. The summed E-state index contributed by atoms with van der Waals surface area (Å²) in [6.07, 6.45) is 0.712. The molecule has 1 atom stereocenters. The average Bonchev–Trinajstić information content (AvgIpc) is 2.97. The van der Waals surface area contributed by atoms with Gasteiger partial charge >= 0.3 is 0 Å². The summed E-state index contributed by atoms with van der Waals surface area (Å²) in [5, 5.41) is 4.28. The zero-order chi connectivity index (χ0) is 28.2. The van der Waals surface area contributed by atoms with Crippen molar-refractivity contribution in [3.8, 4) is 5.69 Å². The van der Waals surface area contributed by atoms with Crippen LogP contribution in [0.4, 0.5) is 4.39 Å². The minimum atomic E-state index is -0.435. The molecule has 6 nitrogen and oxygen atoms in total. The lowest BCUT2D eigenvalue weighted by Gasteiger charge is -2.37. The fourth-order valence-electron chi connectivity index (χ4n) is 5.68. The number of pyridine rings is 1. The van der Waals surface area contributed by atoms with Gasteiger partial charge in [-0.15, -0.1) is 0 Å². The van der Waals surface area contributed by atoms with Gasteiger partial charge < -0.3 is 5.32 Å². The maximum atomic E-state index is 14.5. The topological polar surface area (TPSA) is 57.6 Å². The van der Waals surface area contributed by atoms with Crippen molar-refractivity contribution in [3.63, 3.8) is 0 Å². The minimum absolute atomic E-state index is 0.190. The van der Waals surface area contributed by atoms with Gasteiger partial charge in [0.25, 0.3) is 11.5 Å². The predicted octanol–water partition coefficient (Wildman–Crippen LogP) is 5.54. The van der Waals surface area contributed by atoms with Crippen LogP contribution in [0.3, 0.4) is 0 Å². The third kappa shape index (κ3) is 5.71. The lowest BCUT2D eigenvalue weighted by molar-refractivity contribution is 0.0923. The smallest absolute Gasteiger partial charge is 0.263 e. The molecule has 3 aromatic carbocycles. The van der Waals surface area contributed by atoms with Crippen molar-refractivity contribution in [1.29, 1.82) is 0 Å². The van der Waals surface area contributed by atoms with Crippen molar-refractivity contribution >= 4 is 16.7 Å². The van der Waals surface area contributed by atoms with Gasteiger partial charge in [-0.05, 0) is 50.1 Å². The van der Waals surface area contributed by atoms with Gasteiger partial charge in [-0.25, -0.2) is 4.39 Å². The number of carbonyl (C=O) groups is 1. The van der Waals surface area contributed by atoms with Gasteiger partial charge in [-0.2, -0.15) is 0 Å². The van der Waals surface area contributed by atoms with E-state index in [0.29, 0.717) is 46.7 Å². The fourth-order valence-corrected chi connectivity index (χ4v) is 5.68. The first-order chi connectivity index (χ1) is 19.4. The van der Waals surface area contributed by atoms with Crippen molar-refractivity contribution in [2.75, 3.05) is 26.2 Å². The van der Waals surface area contributed by atoms with Crippen molar-refractivity contribution < 1.29 is 9.18 Å². The molecular formula is C33H37FN4O2. The van der Waals surface area contributed by atoms with Gasteiger partial charge in [0.1, 0.15) is 5.82 Å². The Kier molecular flexibility index (Phi) is 8.43. The van der Waals surface area contributed by atoms with E-state index in [1.165, 1.54) is 12.1 Å². The standard InChI is InChI=1S/C33H37FN4O2/c1-4-29(24-11-6-5-7-12-24)35-32(39)31-27-15-8-9-16-28(27)33(40)38(26-14-10-13-25(34)21-26)30(31)22-36-17-19-37(20-18-36)23(2)3/h5-16,21,23,29H,4,17-20,22H2,1-3H3,(H,35,39)/t29-/m0/s1. The number of piperazine rings is 1. The van der Waals surface area contributed by atoms with Crippen molar-refractivity contribution in [2.24, 2.45) is 0 Å². The number of benzene rings is 3. The molecule has 1 aromatic heterocycles. The number of fused-ring (bicyclic) bond motifs is 1. The SMILES string of the molecule is CC[C@H](NC(=O)c1c(CN2CCN(C(C)C)CC2)n(-c2cccc(F)c2)c(=O)c2ccccc12)c1ccccc1. The summed E-state index contributed by atoms with van der Waals surface area (Å²) in [4.78, 5) is 32.9. The zero-order valence-corrected chi connectivity index (χ0v) is 23.4. The molecule has 0 aliphatic carbocycles. The molecule has 1 fully saturated rings. The van der Waals surface area contributed by atoms with Crippen LogP contribution < -0.4 is 10.9 Å². The second-order valence-corrected chi connectivity index (χ2v) is 10.7. The van der Waals surface area contributed by atoms with Crippen LogP contribution in [0.2, 0.25) is 0 Å². The molecule has 0 unspecified atom stereocenters. The van der Waals surface area contributed by atoms with E-state index in [4.69, 9.17) is 0 Å². The van der Waals surface area contributed by atoms with Crippen LogP contribution in [-0.2, 0) is 6.54 Å². The van der Waals surface area contributed by atoms with E-state index in [1.54, 1.807) is 28.8 Å². The average molecular weight is 541 g/mol. The van der Waals surface area contributed by atoms with Gasteiger partial charge in [0.15, 0.2) is 0 Å². The number of halogens is 1. The molecule has 0 saturated carbocycles. The molecule has 1 N–H and O–H groups in total. The summed E-state index contributed by atoms with van der Waals surface area (Å²) < 4.78 is 16.0. The van der Waals surface area contributed by atoms with Crippen LogP contribution in [0.15, 0.2) is 83.7 Å². The molecule has 5 rings (SSSR count). The van der Waals surface area contributed by atoms with Gasteiger partial charge in [0, 0.05) is 49.5 Å². The quantitative estimate of drug-likeness (QED) is 0.319. The highest BCUT2D eigenvalue weighted by atomic mass is 19.1. The van der Waals surface area contributed by atoms with Crippen molar-refractivity contribution in [3.05, 3.63) is 112 Å². The molecule has 0 spiro atoms. The third-order valence-corrected chi connectivity index (χ3v) is 7.91. The van der Waals surface area contributed by atoms with Crippen LogP contribution in [0.5, 0.6) is 0 Å². The Bertz CT molecular complexity index is 1540. The number of hydrogen-bond donors (Lipinski definition) is 1. The Balaban J connectivity index is 1.66. The molecule has 208 valence electrons. The lowest BCUT2D eigenvalue weighted by atomic mass is 9.99. The normalized spacial score (nSPS) is 15.4. The summed E-state index contributed by atoms with van der Waals surface area (Å²) in [6.45, 7) is 10.3. The summed E-state index contributed by atoms with van der Waals surface area (Å²) in [6, 6.07) is 23.4. The van der Waals surface area contributed by atoms with Crippen LogP contribution in [0.1, 0.15) is 54.8 Å². The lowest BCUT2D eigenvalue weighted by Crippen LogP contribution is -2.49. The summed E-state index contributed by atoms with van der Waals surface area (Å²) in [7, 11) is 0. The molecule has 7 heteroatoms. The molecule has 40 heavy (non-hydrogen) atoms. The van der Waals surface area contributed by atoms with E-state index in [9.17, 15) is 14.0 Å². The second kappa shape index (κ2) is 12.1. The maximum Gasteiger partial charge on any atom is 0.263 e. The first-order valence-corrected chi connectivity index (χ1v) is 14.1. The molecule has 0 radical (unpaired) electrons. The molecule has 1 aliphatic heterocycles. The number of rotatable bonds is 8. The van der Waals surface area contributed by atoms with Crippen LogP contribution in [0.25, 0.3) is 16.5 Å².